The number of fused-ring (bicyclic) bond motifs is 1. The molecule has 0 aromatic rings. The summed E-state index contributed by atoms with van der Waals surface area (Å²) >= 11 is 0. The second kappa shape index (κ2) is 6.77. The van der Waals surface area contributed by atoms with Crippen LogP contribution in [-0.4, -0.2) is 11.6 Å². The zero-order valence-corrected chi connectivity index (χ0v) is 10.7. The zero-order valence-electron chi connectivity index (χ0n) is 10.7. The second-order valence-electron chi connectivity index (χ2n) is 5.41. The Morgan fingerprint density at radius 2 is 1.59 bits per heavy atom. The Morgan fingerprint density at radius 3 is 2.35 bits per heavy atom. The molecule has 1 N–H and O–H groups in total. The van der Waals surface area contributed by atoms with E-state index in [4.69, 9.17) is 0 Å². The van der Waals surface area contributed by atoms with E-state index in [1.165, 1.54) is 57.1 Å². The van der Waals surface area contributed by atoms with Gasteiger partial charge < -0.3 is 0 Å². The Kier molecular flexibility index (Phi) is 5.02. The fraction of sp³-hybridized carbons (Fsp3) is 0.857. The summed E-state index contributed by atoms with van der Waals surface area (Å²) in [6.07, 6.45) is 13.6. The molecule has 0 bridgehead atoms. The Morgan fingerprint density at radius 1 is 0.941 bits per heavy atom. The fourth-order valence-electron chi connectivity index (χ4n) is 2.90. The van der Waals surface area contributed by atoms with Gasteiger partial charge in [-0.15, -0.1) is 0 Å². The van der Waals surface area contributed by atoms with Crippen molar-refractivity contribution >= 4 is 11.6 Å². The average molecular weight is 236 g/mol. The van der Waals surface area contributed by atoms with Crippen LogP contribution in [0, 0.1) is 5.92 Å². The first-order valence-corrected chi connectivity index (χ1v) is 7.21. The van der Waals surface area contributed by atoms with Gasteiger partial charge in [-0.1, -0.05) is 44.9 Å². The van der Waals surface area contributed by atoms with E-state index in [9.17, 15) is 4.79 Å². The van der Waals surface area contributed by atoms with Crippen molar-refractivity contribution in [2.75, 3.05) is 0 Å². The van der Waals surface area contributed by atoms with E-state index in [1.807, 2.05) is 0 Å². The van der Waals surface area contributed by atoms with E-state index < -0.39 is 0 Å². The van der Waals surface area contributed by atoms with Gasteiger partial charge in [-0.2, -0.15) is 5.10 Å². The van der Waals surface area contributed by atoms with Crippen LogP contribution >= 0.6 is 0 Å². The van der Waals surface area contributed by atoms with Gasteiger partial charge in [0.05, 0.1) is 0 Å². The number of nitrogens with one attached hydrogen (secondary N) is 1. The topological polar surface area (TPSA) is 41.5 Å². The molecule has 1 unspecified atom stereocenters. The molecule has 1 aliphatic carbocycles. The maximum absolute atomic E-state index is 11.4. The predicted octanol–water partition coefficient (Wildman–Crippen LogP) is 3.39. The summed E-state index contributed by atoms with van der Waals surface area (Å²) in [4.78, 5) is 11.4. The Bertz CT molecular complexity index is 286. The lowest BCUT2D eigenvalue weighted by atomic mass is 9.88. The molecular formula is C14H24N2O. The second-order valence-corrected chi connectivity index (χ2v) is 5.41. The van der Waals surface area contributed by atoms with E-state index in [0.29, 0.717) is 12.3 Å². The van der Waals surface area contributed by atoms with Crippen molar-refractivity contribution in [3.05, 3.63) is 0 Å². The molecule has 1 heterocycles. The van der Waals surface area contributed by atoms with Crippen LogP contribution in [0.5, 0.6) is 0 Å². The van der Waals surface area contributed by atoms with E-state index >= 15 is 0 Å². The van der Waals surface area contributed by atoms with Crippen molar-refractivity contribution in [1.82, 2.24) is 5.43 Å². The van der Waals surface area contributed by atoms with Crippen LogP contribution in [-0.2, 0) is 4.79 Å². The molecule has 1 amide bonds. The third-order valence-corrected chi connectivity index (χ3v) is 3.96. The smallest absolute Gasteiger partial charge is 0.240 e. The summed E-state index contributed by atoms with van der Waals surface area (Å²) in [5.74, 6) is 0.536. The van der Waals surface area contributed by atoms with Crippen LogP contribution in [0.3, 0.4) is 0 Å². The minimum atomic E-state index is 0.103. The molecule has 2 aliphatic rings. The molecule has 3 heteroatoms. The maximum atomic E-state index is 11.4. The Labute approximate surface area is 104 Å². The molecule has 96 valence electrons. The third-order valence-electron chi connectivity index (χ3n) is 3.96. The van der Waals surface area contributed by atoms with Gasteiger partial charge in [0, 0.05) is 18.1 Å². The summed E-state index contributed by atoms with van der Waals surface area (Å²) in [5, 5.41) is 4.28. The van der Waals surface area contributed by atoms with Crippen molar-refractivity contribution < 1.29 is 4.79 Å². The number of carbonyl (C=O) groups excluding carboxylic acids is 1. The summed E-state index contributed by atoms with van der Waals surface area (Å²) in [7, 11) is 0. The third kappa shape index (κ3) is 4.14. The molecule has 3 nitrogen and oxygen atoms in total. The SMILES string of the molecule is O=C1CC2CCCCCCCCCCC2=NN1. The van der Waals surface area contributed by atoms with Gasteiger partial charge in [-0.25, -0.2) is 5.43 Å². The Balaban J connectivity index is 1.92. The molecule has 2 rings (SSSR count). The highest BCUT2D eigenvalue weighted by molar-refractivity contribution is 5.94. The van der Waals surface area contributed by atoms with Gasteiger partial charge in [0.2, 0.25) is 5.91 Å². The number of hydrazone groups is 1. The standard InChI is InChI=1S/C14H24N2O/c17-14-11-12-9-7-5-3-1-2-4-6-8-10-13(12)15-16-14/h12H,1-11H2,(H,16,17). The lowest BCUT2D eigenvalue weighted by Crippen LogP contribution is -2.33. The molecule has 0 radical (unpaired) electrons. The van der Waals surface area contributed by atoms with Gasteiger partial charge in [0.15, 0.2) is 0 Å². The monoisotopic (exact) mass is 236 g/mol. The minimum Gasteiger partial charge on any atom is -0.273 e. The van der Waals surface area contributed by atoms with Crippen molar-refractivity contribution in [3.8, 4) is 0 Å². The zero-order chi connectivity index (χ0) is 11.9. The highest BCUT2D eigenvalue weighted by atomic mass is 16.2. The molecule has 1 atom stereocenters. The average Bonchev–Trinajstić information content (AvgIpc) is 2.31. The number of amides is 1. The molecule has 0 spiro atoms. The molecule has 0 saturated heterocycles. The number of carbonyl (C=O) groups is 1. The molecule has 1 saturated carbocycles. The molecule has 1 fully saturated rings. The van der Waals surface area contributed by atoms with Gasteiger partial charge >= 0.3 is 0 Å². The van der Waals surface area contributed by atoms with E-state index in [1.54, 1.807) is 0 Å². The summed E-state index contributed by atoms with van der Waals surface area (Å²) in [6.45, 7) is 0. The highest BCUT2D eigenvalue weighted by Gasteiger charge is 2.23. The number of rotatable bonds is 0. The minimum absolute atomic E-state index is 0.103. The quantitative estimate of drug-likeness (QED) is 0.688. The summed E-state index contributed by atoms with van der Waals surface area (Å²) in [6, 6.07) is 0. The van der Waals surface area contributed by atoms with Crippen LogP contribution in [0.1, 0.15) is 70.6 Å². The number of hydrogen-bond acceptors (Lipinski definition) is 2. The highest BCUT2D eigenvalue weighted by Crippen LogP contribution is 2.23. The maximum Gasteiger partial charge on any atom is 0.240 e. The van der Waals surface area contributed by atoms with Crippen LogP contribution in [0.4, 0.5) is 0 Å². The molecule has 0 aromatic carbocycles. The van der Waals surface area contributed by atoms with Gasteiger partial charge in [-0.05, 0) is 19.3 Å². The van der Waals surface area contributed by atoms with E-state index in [2.05, 4.69) is 10.5 Å². The summed E-state index contributed by atoms with van der Waals surface area (Å²) in [5.41, 5.74) is 3.90. The first-order valence-electron chi connectivity index (χ1n) is 7.21. The molecule has 0 aromatic heterocycles. The van der Waals surface area contributed by atoms with Crippen LogP contribution in [0.15, 0.2) is 5.10 Å². The van der Waals surface area contributed by atoms with Crippen molar-refractivity contribution in [2.45, 2.75) is 70.6 Å². The largest absolute Gasteiger partial charge is 0.273 e. The molecule has 1 aliphatic heterocycles. The Hall–Kier alpha value is -0.860. The van der Waals surface area contributed by atoms with Crippen molar-refractivity contribution in [2.24, 2.45) is 11.0 Å². The van der Waals surface area contributed by atoms with Gasteiger partial charge in [0.1, 0.15) is 0 Å². The van der Waals surface area contributed by atoms with E-state index in [-0.39, 0.29) is 5.91 Å². The lowest BCUT2D eigenvalue weighted by Gasteiger charge is -2.23. The van der Waals surface area contributed by atoms with Gasteiger partial charge in [0.25, 0.3) is 0 Å². The first-order chi connectivity index (χ1) is 8.36. The van der Waals surface area contributed by atoms with Crippen LogP contribution in [0.25, 0.3) is 0 Å². The number of hydrogen-bond donors (Lipinski definition) is 1. The van der Waals surface area contributed by atoms with Crippen molar-refractivity contribution in [3.63, 3.8) is 0 Å². The van der Waals surface area contributed by atoms with Crippen LogP contribution < -0.4 is 5.43 Å². The fourth-order valence-corrected chi connectivity index (χ4v) is 2.90. The molecule has 17 heavy (non-hydrogen) atoms. The molecular weight excluding hydrogens is 212 g/mol. The predicted molar refractivity (Wildman–Crippen MR) is 69.9 cm³/mol. The normalized spacial score (nSPS) is 28.1. The van der Waals surface area contributed by atoms with Crippen LogP contribution in [0.2, 0.25) is 0 Å². The number of nitrogens with zero attached hydrogens (tertiary/aromatic N) is 1. The lowest BCUT2D eigenvalue weighted by molar-refractivity contribution is -0.122. The first kappa shape index (κ1) is 12.6. The van der Waals surface area contributed by atoms with E-state index in [0.717, 1.165) is 12.8 Å². The van der Waals surface area contributed by atoms with Gasteiger partial charge in [-0.3, -0.25) is 4.79 Å². The summed E-state index contributed by atoms with van der Waals surface area (Å²) < 4.78 is 0. The van der Waals surface area contributed by atoms with Crippen molar-refractivity contribution in [1.29, 1.82) is 0 Å².